The summed E-state index contributed by atoms with van der Waals surface area (Å²) in [4.78, 5) is 0. The Morgan fingerprint density at radius 2 is 1.83 bits per heavy atom. The molecule has 0 aliphatic rings. The highest BCUT2D eigenvalue weighted by atomic mass is 19.4. The van der Waals surface area contributed by atoms with Crippen molar-refractivity contribution < 1.29 is 18.3 Å². The molecule has 0 saturated heterocycles. The molecule has 0 spiro atoms. The molecule has 0 aliphatic heterocycles. The van der Waals surface area contributed by atoms with E-state index in [1.54, 1.807) is 6.07 Å². The number of nitrogens with one attached hydrogen (secondary N) is 1. The normalized spacial score (nSPS) is 12.5. The van der Waals surface area contributed by atoms with Crippen molar-refractivity contribution >= 4 is 5.69 Å². The minimum Gasteiger partial charge on any atom is -0.391 e. The average Bonchev–Trinajstić information content (AvgIpc) is 2.52. The van der Waals surface area contributed by atoms with Crippen LogP contribution >= 0.6 is 0 Å². The highest BCUT2D eigenvalue weighted by Crippen LogP contribution is 2.31. The van der Waals surface area contributed by atoms with Gasteiger partial charge in [0.05, 0.1) is 22.9 Å². The maximum atomic E-state index is 12.6. The smallest absolute Gasteiger partial charge is 0.391 e. The van der Waals surface area contributed by atoms with Crippen molar-refractivity contribution in [3.8, 4) is 6.07 Å². The number of nitrogens with zero attached hydrogens (tertiary/aromatic N) is 1. The van der Waals surface area contributed by atoms with Gasteiger partial charge in [0.15, 0.2) is 0 Å². The molecule has 1 atom stereocenters. The molecule has 2 aromatic carbocycles. The van der Waals surface area contributed by atoms with Crippen molar-refractivity contribution in [3.05, 3.63) is 65.2 Å². The lowest BCUT2D eigenvalue weighted by Gasteiger charge is -2.15. The predicted molar refractivity (Wildman–Crippen MR) is 80.8 cm³/mol. The van der Waals surface area contributed by atoms with Gasteiger partial charge in [-0.3, -0.25) is 0 Å². The number of rotatable bonds is 5. The van der Waals surface area contributed by atoms with Gasteiger partial charge in [0.1, 0.15) is 6.07 Å². The number of hydrogen-bond acceptors (Lipinski definition) is 3. The van der Waals surface area contributed by atoms with Crippen LogP contribution in [-0.2, 0) is 12.6 Å². The van der Waals surface area contributed by atoms with Crippen molar-refractivity contribution in [1.29, 1.82) is 5.26 Å². The molecule has 0 heterocycles. The molecule has 0 saturated carbocycles. The Kier molecular flexibility index (Phi) is 5.24. The maximum absolute atomic E-state index is 12.6. The van der Waals surface area contributed by atoms with Crippen molar-refractivity contribution in [2.45, 2.75) is 18.7 Å². The van der Waals surface area contributed by atoms with E-state index in [1.807, 2.05) is 30.3 Å². The Labute approximate surface area is 132 Å². The summed E-state index contributed by atoms with van der Waals surface area (Å²) in [6, 6.07) is 14.0. The number of halogens is 3. The van der Waals surface area contributed by atoms with Gasteiger partial charge in [-0.05, 0) is 23.8 Å². The molecule has 0 aliphatic carbocycles. The second kappa shape index (κ2) is 7.16. The Hall–Kier alpha value is -2.52. The fourth-order valence-corrected chi connectivity index (χ4v) is 2.15. The first-order chi connectivity index (χ1) is 10.9. The third-order valence-electron chi connectivity index (χ3n) is 3.31. The average molecular weight is 320 g/mol. The molecule has 23 heavy (non-hydrogen) atoms. The Morgan fingerprint density at radius 3 is 2.43 bits per heavy atom. The lowest BCUT2D eigenvalue weighted by atomic mass is 10.1. The van der Waals surface area contributed by atoms with E-state index in [9.17, 15) is 18.3 Å². The third kappa shape index (κ3) is 4.73. The molecule has 2 N–H and O–H groups in total. The van der Waals surface area contributed by atoms with Crippen molar-refractivity contribution in [2.75, 3.05) is 11.9 Å². The number of aliphatic hydroxyl groups is 1. The van der Waals surface area contributed by atoms with Gasteiger partial charge in [0, 0.05) is 13.0 Å². The van der Waals surface area contributed by atoms with Gasteiger partial charge >= 0.3 is 6.18 Å². The molecule has 120 valence electrons. The van der Waals surface area contributed by atoms with Crippen LogP contribution in [0.25, 0.3) is 0 Å². The highest BCUT2D eigenvalue weighted by molar-refractivity contribution is 5.59. The summed E-state index contributed by atoms with van der Waals surface area (Å²) >= 11 is 0. The predicted octanol–water partition coefficient (Wildman–Crippen LogP) is 3.59. The fourth-order valence-electron chi connectivity index (χ4n) is 2.15. The van der Waals surface area contributed by atoms with E-state index in [1.165, 1.54) is 6.07 Å². The molecule has 2 aromatic rings. The first-order valence-electron chi connectivity index (χ1n) is 6.97. The van der Waals surface area contributed by atoms with Gasteiger partial charge in [-0.25, -0.2) is 0 Å². The number of aliphatic hydroxyl groups excluding tert-OH is 1. The summed E-state index contributed by atoms with van der Waals surface area (Å²) < 4.78 is 37.9. The highest BCUT2D eigenvalue weighted by Gasteiger charge is 2.31. The number of alkyl halides is 3. The first kappa shape index (κ1) is 16.8. The van der Waals surface area contributed by atoms with Crippen molar-refractivity contribution in [3.63, 3.8) is 0 Å². The molecule has 0 radical (unpaired) electrons. The summed E-state index contributed by atoms with van der Waals surface area (Å²) in [6.45, 7) is 0.134. The monoisotopic (exact) mass is 320 g/mol. The molecule has 0 bridgehead atoms. The SMILES string of the molecule is N#Cc1cc(C(F)(F)F)ccc1NCC(O)Cc1ccccc1. The molecular formula is C17H15F3N2O. The lowest BCUT2D eigenvalue weighted by molar-refractivity contribution is -0.137. The zero-order valence-electron chi connectivity index (χ0n) is 12.1. The van der Waals surface area contributed by atoms with Crippen LogP contribution in [0.1, 0.15) is 16.7 Å². The molecule has 6 heteroatoms. The maximum Gasteiger partial charge on any atom is 0.416 e. The summed E-state index contributed by atoms with van der Waals surface area (Å²) in [7, 11) is 0. The Bertz CT molecular complexity index is 693. The van der Waals surface area contributed by atoms with Crippen molar-refractivity contribution in [2.24, 2.45) is 0 Å². The molecule has 1 unspecified atom stereocenters. The van der Waals surface area contributed by atoms with Crippen LogP contribution < -0.4 is 5.32 Å². The zero-order valence-corrected chi connectivity index (χ0v) is 12.1. The van der Waals surface area contributed by atoms with Gasteiger partial charge in [0.25, 0.3) is 0 Å². The van der Waals surface area contributed by atoms with Crippen molar-refractivity contribution in [1.82, 2.24) is 0 Å². The van der Waals surface area contributed by atoms with Gasteiger partial charge in [-0.15, -0.1) is 0 Å². The quantitative estimate of drug-likeness (QED) is 0.885. The van der Waals surface area contributed by atoms with Crippen LogP contribution in [0.15, 0.2) is 48.5 Å². The van der Waals surface area contributed by atoms with Crippen LogP contribution in [0.5, 0.6) is 0 Å². The number of benzene rings is 2. The Morgan fingerprint density at radius 1 is 1.13 bits per heavy atom. The van der Waals surface area contributed by atoms with Crippen LogP contribution in [0.2, 0.25) is 0 Å². The minimum atomic E-state index is -4.49. The van der Waals surface area contributed by atoms with Crippen LogP contribution in [0.3, 0.4) is 0 Å². The number of nitriles is 1. The van der Waals surface area contributed by atoms with Gasteiger partial charge in [-0.2, -0.15) is 18.4 Å². The number of hydrogen-bond donors (Lipinski definition) is 2. The van der Waals surface area contributed by atoms with E-state index in [0.717, 1.165) is 17.7 Å². The number of anilines is 1. The largest absolute Gasteiger partial charge is 0.416 e. The second-order valence-electron chi connectivity index (χ2n) is 5.09. The topological polar surface area (TPSA) is 56.0 Å². The summed E-state index contributed by atoms with van der Waals surface area (Å²) in [5.41, 5.74) is 0.249. The van der Waals surface area contributed by atoms with E-state index in [0.29, 0.717) is 6.42 Å². The first-order valence-corrected chi connectivity index (χ1v) is 6.97. The molecule has 2 rings (SSSR count). The zero-order chi connectivity index (χ0) is 16.9. The van der Waals surface area contributed by atoms with Crippen LogP contribution in [0, 0.1) is 11.3 Å². The summed E-state index contributed by atoms with van der Waals surface area (Å²) in [5.74, 6) is 0. The second-order valence-corrected chi connectivity index (χ2v) is 5.09. The van der Waals surface area contributed by atoms with Gasteiger partial charge in [0.2, 0.25) is 0 Å². The summed E-state index contributed by atoms with van der Waals surface area (Å²) in [6.07, 6.45) is -4.79. The third-order valence-corrected chi connectivity index (χ3v) is 3.31. The molecule has 0 amide bonds. The standard InChI is InChI=1S/C17H15F3N2O/c18-17(19,20)14-6-7-16(13(9-14)10-21)22-11-15(23)8-12-4-2-1-3-5-12/h1-7,9,15,22-23H,8,11H2. The minimum absolute atomic E-state index is 0.105. The van der Waals surface area contributed by atoms with E-state index >= 15 is 0 Å². The van der Waals surface area contributed by atoms with E-state index in [-0.39, 0.29) is 17.8 Å². The van der Waals surface area contributed by atoms with E-state index in [4.69, 9.17) is 5.26 Å². The van der Waals surface area contributed by atoms with Gasteiger partial charge < -0.3 is 10.4 Å². The fraction of sp³-hybridized carbons (Fsp3) is 0.235. The van der Waals surface area contributed by atoms with Gasteiger partial charge in [-0.1, -0.05) is 30.3 Å². The van der Waals surface area contributed by atoms with E-state index in [2.05, 4.69) is 5.32 Å². The van der Waals surface area contributed by atoms with Crippen LogP contribution in [0.4, 0.5) is 18.9 Å². The molecule has 0 aromatic heterocycles. The molecule has 3 nitrogen and oxygen atoms in total. The van der Waals surface area contributed by atoms with E-state index < -0.39 is 17.8 Å². The molecular weight excluding hydrogens is 305 g/mol. The molecule has 0 fully saturated rings. The summed E-state index contributed by atoms with van der Waals surface area (Å²) in [5, 5.41) is 21.8. The Balaban J connectivity index is 2.01. The lowest BCUT2D eigenvalue weighted by Crippen LogP contribution is -2.22. The van der Waals surface area contributed by atoms with Crippen LogP contribution in [-0.4, -0.2) is 17.8 Å².